The number of rotatable bonds is 7. The topological polar surface area (TPSA) is 69.7 Å². The van der Waals surface area contributed by atoms with Gasteiger partial charge in [-0.05, 0) is 36.4 Å². The fourth-order valence-electron chi connectivity index (χ4n) is 2.42. The number of amides is 1. The van der Waals surface area contributed by atoms with Crippen LogP contribution in [0.1, 0.15) is 10.4 Å². The van der Waals surface area contributed by atoms with Gasteiger partial charge in [-0.1, -0.05) is 0 Å². The summed E-state index contributed by atoms with van der Waals surface area (Å²) >= 11 is 1.25. The number of thiazole rings is 1. The molecule has 3 aromatic rings. The van der Waals surface area contributed by atoms with Crippen LogP contribution in [0.25, 0.3) is 11.3 Å². The summed E-state index contributed by atoms with van der Waals surface area (Å²) in [5, 5.41) is 4.87. The number of hydrogen-bond acceptors (Lipinski definition) is 6. The van der Waals surface area contributed by atoms with Crippen LogP contribution in [0.5, 0.6) is 17.2 Å². The summed E-state index contributed by atoms with van der Waals surface area (Å²) in [4.78, 5) is 16.7. The minimum Gasteiger partial charge on any atom is -0.497 e. The molecule has 1 N–H and O–H groups in total. The van der Waals surface area contributed by atoms with Crippen LogP contribution >= 0.6 is 11.3 Å². The predicted octanol–water partition coefficient (Wildman–Crippen LogP) is 4.68. The second-order valence-electron chi connectivity index (χ2n) is 5.46. The van der Waals surface area contributed by atoms with Gasteiger partial charge in [0.25, 0.3) is 5.91 Å². The maximum absolute atomic E-state index is 12.3. The summed E-state index contributed by atoms with van der Waals surface area (Å²) in [6, 6.07) is 10.8. The molecule has 0 radical (unpaired) electrons. The zero-order chi connectivity index (χ0) is 20.1. The quantitative estimate of drug-likeness (QED) is 0.617. The van der Waals surface area contributed by atoms with Gasteiger partial charge in [-0.3, -0.25) is 10.1 Å². The Kier molecular flexibility index (Phi) is 6.05. The molecule has 9 heteroatoms. The van der Waals surface area contributed by atoms with Crippen molar-refractivity contribution < 1.29 is 27.8 Å². The third-order valence-corrected chi connectivity index (χ3v) is 4.51. The fraction of sp³-hybridized carbons (Fsp3) is 0.158. The molecule has 0 aliphatic carbocycles. The lowest BCUT2D eigenvalue weighted by molar-refractivity contribution is -0.0498. The summed E-state index contributed by atoms with van der Waals surface area (Å²) in [7, 11) is 3.12. The lowest BCUT2D eigenvalue weighted by Crippen LogP contribution is -2.11. The van der Waals surface area contributed by atoms with Gasteiger partial charge >= 0.3 is 6.61 Å². The highest BCUT2D eigenvalue weighted by atomic mass is 32.1. The fourth-order valence-corrected chi connectivity index (χ4v) is 3.13. The number of carbonyl (C=O) groups excluding carboxylic acids is 1. The smallest absolute Gasteiger partial charge is 0.387 e. The van der Waals surface area contributed by atoms with E-state index in [1.165, 1.54) is 35.6 Å². The molecular weight excluding hydrogens is 390 g/mol. The van der Waals surface area contributed by atoms with Gasteiger partial charge in [-0.25, -0.2) is 4.98 Å². The predicted molar refractivity (Wildman–Crippen MR) is 102 cm³/mol. The normalized spacial score (nSPS) is 10.6. The van der Waals surface area contributed by atoms with Crippen LogP contribution in [0.15, 0.2) is 47.8 Å². The molecule has 0 fully saturated rings. The number of hydrogen-bond donors (Lipinski definition) is 1. The van der Waals surface area contributed by atoms with E-state index >= 15 is 0 Å². The third kappa shape index (κ3) is 4.55. The first-order chi connectivity index (χ1) is 13.5. The number of anilines is 1. The molecule has 0 atom stereocenters. The maximum Gasteiger partial charge on any atom is 0.387 e. The van der Waals surface area contributed by atoms with Crippen LogP contribution in [0.2, 0.25) is 0 Å². The van der Waals surface area contributed by atoms with Crippen LogP contribution in [-0.4, -0.2) is 31.7 Å². The van der Waals surface area contributed by atoms with E-state index in [0.29, 0.717) is 27.9 Å². The van der Waals surface area contributed by atoms with Gasteiger partial charge in [0.2, 0.25) is 0 Å². The van der Waals surface area contributed by atoms with Gasteiger partial charge in [-0.2, -0.15) is 8.78 Å². The Labute approximate surface area is 163 Å². The molecule has 1 aromatic heterocycles. The standard InChI is InChI=1S/C19H16F2N2O4S/c1-25-13-7-8-14(16(9-13)26-2)15-10-28-19(22-15)23-17(24)11-3-5-12(6-4-11)27-18(20)21/h3-10,18H,1-2H3,(H,22,23,24). The average molecular weight is 406 g/mol. The van der Waals surface area contributed by atoms with Crippen molar-refractivity contribution in [2.45, 2.75) is 6.61 Å². The number of methoxy groups -OCH3 is 2. The molecule has 1 heterocycles. The average Bonchev–Trinajstić information content (AvgIpc) is 3.15. The minimum atomic E-state index is -2.91. The second-order valence-corrected chi connectivity index (χ2v) is 6.32. The monoisotopic (exact) mass is 406 g/mol. The maximum atomic E-state index is 12.3. The van der Waals surface area contributed by atoms with E-state index in [0.717, 1.165) is 5.56 Å². The molecule has 0 aliphatic heterocycles. The Morgan fingerprint density at radius 3 is 2.43 bits per heavy atom. The molecule has 6 nitrogen and oxygen atoms in total. The molecule has 28 heavy (non-hydrogen) atoms. The van der Waals surface area contributed by atoms with Crippen molar-refractivity contribution in [3.63, 3.8) is 0 Å². The summed E-state index contributed by atoms with van der Waals surface area (Å²) in [6.45, 7) is -2.91. The van der Waals surface area contributed by atoms with Gasteiger partial charge in [0.05, 0.1) is 19.9 Å². The Morgan fingerprint density at radius 1 is 1.07 bits per heavy atom. The molecule has 0 saturated heterocycles. The molecule has 0 spiro atoms. The highest BCUT2D eigenvalue weighted by Gasteiger charge is 2.14. The molecule has 0 saturated carbocycles. The van der Waals surface area contributed by atoms with Gasteiger partial charge in [0, 0.05) is 22.6 Å². The van der Waals surface area contributed by atoms with Crippen LogP contribution in [-0.2, 0) is 0 Å². The number of aromatic nitrogens is 1. The number of nitrogens with one attached hydrogen (secondary N) is 1. The molecule has 1 amide bonds. The summed E-state index contributed by atoms with van der Waals surface area (Å²) in [6.07, 6.45) is 0. The van der Waals surface area contributed by atoms with Gasteiger partial charge in [0.15, 0.2) is 5.13 Å². The number of ether oxygens (including phenoxy) is 3. The minimum absolute atomic E-state index is 0.0188. The van der Waals surface area contributed by atoms with Crippen molar-refractivity contribution in [2.75, 3.05) is 19.5 Å². The first kappa shape index (κ1) is 19.6. The van der Waals surface area contributed by atoms with Crippen LogP contribution in [0.4, 0.5) is 13.9 Å². The number of nitrogens with zero attached hydrogens (tertiary/aromatic N) is 1. The van der Waals surface area contributed by atoms with Crippen molar-refractivity contribution in [1.82, 2.24) is 4.98 Å². The number of benzene rings is 2. The Morgan fingerprint density at radius 2 is 1.79 bits per heavy atom. The van der Waals surface area contributed by atoms with Crippen molar-refractivity contribution in [3.8, 4) is 28.5 Å². The first-order valence-electron chi connectivity index (χ1n) is 8.04. The lowest BCUT2D eigenvalue weighted by Gasteiger charge is -2.08. The van der Waals surface area contributed by atoms with Crippen molar-refractivity contribution in [3.05, 3.63) is 53.4 Å². The summed E-state index contributed by atoms with van der Waals surface area (Å²) in [5.41, 5.74) is 1.69. The van der Waals surface area contributed by atoms with E-state index in [1.54, 1.807) is 31.7 Å². The van der Waals surface area contributed by atoms with Crippen LogP contribution < -0.4 is 19.5 Å². The Bertz CT molecular complexity index is 961. The van der Waals surface area contributed by atoms with E-state index < -0.39 is 12.5 Å². The molecule has 0 aliphatic rings. The van der Waals surface area contributed by atoms with Gasteiger partial charge in [-0.15, -0.1) is 11.3 Å². The summed E-state index contributed by atoms with van der Waals surface area (Å²) in [5.74, 6) is 0.821. The van der Waals surface area contributed by atoms with E-state index in [9.17, 15) is 13.6 Å². The van der Waals surface area contributed by atoms with E-state index in [2.05, 4.69) is 15.0 Å². The van der Waals surface area contributed by atoms with Crippen LogP contribution in [0.3, 0.4) is 0 Å². The van der Waals surface area contributed by atoms with E-state index in [4.69, 9.17) is 9.47 Å². The van der Waals surface area contributed by atoms with E-state index in [1.807, 2.05) is 6.07 Å². The third-order valence-electron chi connectivity index (χ3n) is 3.75. The molecule has 146 valence electrons. The van der Waals surface area contributed by atoms with Gasteiger partial charge < -0.3 is 14.2 Å². The zero-order valence-corrected chi connectivity index (χ0v) is 15.8. The highest BCUT2D eigenvalue weighted by Crippen LogP contribution is 2.34. The van der Waals surface area contributed by atoms with Crippen molar-refractivity contribution in [2.24, 2.45) is 0 Å². The molecular formula is C19H16F2N2O4S. The number of carbonyl (C=O) groups is 1. The Hall–Kier alpha value is -3.20. The molecule has 0 bridgehead atoms. The zero-order valence-electron chi connectivity index (χ0n) is 14.9. The number of halogens is 2. The van der Waals surface area contributed by atoms with Crippen molar-refractivity contribution >= 4 is 22.4 Å². The van der Waals surface area contributed by atoms with Crippen molar-refractivity contribution in [1.29, 1.82) is 0 Å². The van der Waals surface area contributed by atoms with E-state index in [-0.39, 0.29) is 5.75 Å². The number of alkyl halides is 2. The van der Waals surface area contributed by atoms with Gasteiger partial charge in [0.1, 0.15) is 17.2 Å². The van der Waals surface area contributed by atoms with Crippen LogP contribution in [0, 0.1) is 0 Å². The second kappa shape index (κ2) is 8.66. The first-order valence-corrected chi connectivity index (χ1v) is 8.92. The highest BCUT2D eigenvalue weighted by molar-refractivity contribution is 7.14. The lowest BCUT2D eigenvalue weighted by atomic mass is 10.1. The largest absolute Gasteiger partial charge is 0.497 e. The molecule has 3 rings (SSSR count). The molecule has 0 unspecified atom stereocenters. The summed E-state index contributed by atoms with van der Waals surface area (Å²) < 4.78 is 39.2. The Balaban J connectivity index is 1.73. The SMILES string of the molecule is COc1ccc(-c2csc(NC(=O)c3ccc(OC(F)F)cc3)n2)c(OC)c1. The molecule has 2 aromatic carbocycles.